The van der Waals surface area contributed by atoms with Crippen LogP contribution in [0.25, 0.3) is 0 Å². The maximum atomic E-state index is 12.8. The van der Waals surface area contributed by atoms with Crippen LogP contribution >= 0.6 is 0 Å². The van der Waals surface area contributed by atoms with Gasteiger partial charge in [0.05, 0.1) is 26.2 Å². The summed E-state index contributed by atoms with van der Waals surface area (Å²) in [5.74, 6) is -0.545. The van der Waals surface area contributed by atoms with Crippen molar-refractivity contribution < 1.29 is 56.2 Å². The molecule has 64 heavy (non-hydrogen) atoms. The fraction of sp³-hybridized carbons (Fsp3) is 0.549. The van der Waals surface area contributed by atoms with Gasteiger partial charge in [-0.1, -0.05) is 154 Å². The number of hydrogen-bond donors (Lipinski definition) is 4. The fourth-order valence-electron chi connectivity index (χ4n) is 5.92. The molecule has 1 heterocycles. The van der Waals surface area contributed by atoms with Gasteiger partial charge in [-0.05, 0) is 89.9 Å². The molecular weight excluding hydrogens is 837 g/mol. The average molecular weight is 915 g/mol. The highest BCUT2D eigenvalue weighted by Gasteiger charge is 2.48. The van der Waals surface area contributed by atoms with Gasteiger partial charge in [0.1, 0.15) is 30.5 Å². The third-order valence-electron chi connectivity index (χ3n) is 9.30. The van der Waals surface area contributed by atoms with E-state index in [1.807, 2.05) is 12.2 Å². The summed E-state index contributed by atoms with van der Waals surface area (Å²) in [6.45, 7) is 3.51. The van der Waals surface area contributed by atoms with Crippen molar-refractivity contribution in [2.75, 3.05) is 26.4 Å². The Morgan fingerprint density at radius 1 is 0.594 bits per heavy atom. The number of unbranched alkanes of at least 4 members (excludes halogenated alkanes) is 3. The Balaban J connectivity index is 2.51. The van der Waals surface area contributed by atoms with E-state index in [0.717, 1.165) is 89.9 Å². The van der Waals surface area contributed by atoms with Gasteiger partial charge in [-0.15, -0.1) is 0 Å². The molecule has 0 saturated carbocycles. The van der Waals surface area contributed by atoms with E-state index in [9.17, 15) is 28.5 Å². The summed E-state index contributed by atoms with van der Waals surface area (Å²) in [6.07, 6.45) is 50.9. The molecule has 6 atom stereocenters. The Morgan fingerprint density at radius 2 is 1.03 bits per heavy atom. The number of aliphatic hydroxyl groups is 3. The van der Waals surface area contributed by atoms with Crippen LogP contribution in [-0.2, 0) is 38.3 Å². The van der Waals surface area contributed by atoms with Crippen LogP contribution in [0.5, 0.6) is 0 Å². The van der Waals surface area contributed by atoms with E-state index in [4.69, 9.17) is 23.5 Å². The number of esters is 1. The number of rotatable bonds is 37. The van der Waals surface area contributed by atoms with Crippen LogP contribution in [0, 0.1) is 0 Å². The quantitative estimate of drug-likeness (QED) is 0.0201. The molecule has 4 N–H and O–H groups in total. The summed E-state index contributed by atoms with van der Waals surface area (Å²) in [5.41, 5.74) is 0. The van der Waals surface area contributed by atoms with Crippen molar-refractivity contribution >= 4 is 16.4 Å². The molecule has 6 unspecified atom stereocenters. The van der Waals surface area contributed by atoms with E-state index in [1.54, 1.807) is 6.08 Å². The lowest BCUT2D eigenvalue weighted by molar-refractivity contribution is -0.301. The minimum Gasteiger partial charge on any atom is -0.457 e. The number of carbonyl (C=O) groups excluding carboxylic acids is 1. The van der Waals surface area contributed by atoms with Crippen LogP contribution in [0.1, 0.15) is 117 Å². The van der Waals surface area contributed by atoms with E-state index in [-0.39, 0.29) is 19.6 Å². The summed E-state index contributed by atoms with van der Waals surface area (Å²) in [7, 11) is -5.09. The van der Waals surface area contributed by atoms with Gasteiger partial charge < -0.3 is 34.3 Å². The Kier molecular flexibility index (Phi) is 37.1. The van der Waals surface area contributed by atoms with Crippen LogP contribution in [0.15, 0.2) is 134 Å². The fourth-order valence-corrected chi connectivity index (χ4v) is 6.43. The summed E-state index contributed by atoms with van der Waals surface area (Å²) in [5, 5.41) is 30.7. The zero-order chi connectivity index (χ0) is 46.8. The molecule has 13 heteroatoms. The van der Waals surface area contributed by atoms with E-state index < -0.39 is 59.8 Å². The maximum absolute atomic E-state index is 12.8. The normalized spacial score (nSPS) is 21.0. The van der Waals surface area contributed by atoms with Crippen LogP contribution in [0.3, 0.4) is 0 Å². The number of ether oxygens (including phenoxy) is 4. The Labute approximate surface area is 384 Å². The third kappa shape index (κ3) is 33.7. The predicted molar refractivity (Wildman–Crippen MR) is 257 cm³/mol. The van der Waals surface area contributed by atoms with Crippen molar-refractivity contribution in [2.24, 2.45) is 0 Å². The van der Waals surface area contributed by atoms with Crippen LogP contribution in [-0.4, -0.2) is 97.5 Å². The second kappa shape index (κ2) is 40.7. The highest BCUT2D eigenvalue weighted by atomic mass is 32.3. The molecule has 1 aliphatic heterocycles. The lowest BCUT2D eigenvalue weighted by Crippen LogP contribution is -2.60. The molecule has 12 nitrogen and oxygen atoms in total. The Hall–Kier alpha value is -3.76. The molecule has 0 radical (unpaired) electrons. The molecule has 0 bridgehead atoms. The maximum Gasteiger partial charge on any atom is 0.397 e. The minimum absolute atomic E-state index is 0.00970. The molecule has 1 rings (SSSR count). The van der Waals surface area contributed by atoms with Crippen LogP contribution in [0.4, 0.5) is 0 Å². The molecular formula is C51H78O12S. The lowest BCUT2D eigenvalue weighted by Gasteiger charge is -2.41. The monoisotopic (exact) mass is 915 g/mol. The number of allylic oxidation sites excluding steroid dienone is 21. The van der Waals surface area contributed by atoms with E-state index in [0.29, 0.717) is 13.0 Å². The van der Waals surface area contributed by atoms with Gasteiger partial charge in [-0.25, -0.2) is 4.18 Å². The van der Waals surface area contributed by atoms with Gasteiger partial charge in [-0.3, -0.25) is 9.35 Å². The van der Waals surface area contributed by atoms with E-state index >= 15 is 0 Å². The van der Waals surface area contributed by atoms with Gasteiger partial charge in [0.15, 0.2) is 6.29 Å². The van der Waals surface area contributed by atoms with Crippen molar-refractivity contribution in [2.45, 2.75) is 153 Å². The van der Waals surface area contributed by atoms with E-state index in [2.05, 4.69) is 133 Å². The molecule has 0 spiro atoms. The van der Waals surface area contributed by atoms with Crippen molar-refractivity contribution in [3.8, 4) is 0 Å². The first-order valence-corrected chi connectivity index (χ1v) is 24.3. The van der Waals surface area contributed by atoms with Gasteiger partial charge in [0.25, 0.3) is 0 Å². The minimum atomic E-state index is -5.09. The molecule has 1 aliphatic rings. The molecule has 0 aromatic rings. The van der Waals surface area contributed by atoms with E-state index in [1.165, 1.54) is 0 Å². The summed E-state index contributed by atoms with van der Waals surface area (Å²) < 4.78 is 58.9. The second-order valence-corrected chi connectivity index (χ2v) is 15.9. The molecule has 1 fully saturated rings. The van der Waals surface area contributed by atoms with Crippen molar-refractivity contribution in [1.29, 1.82) is 0 Å². The largest absolute Gasteiger partial charge is 0.457 e. The first-order valence-electron chi connectivity index (χ1n) is 22.9. The molecule has 0 aromatic heterocycles. The Bertz CT molecular complexity index is 1620. The zero-order valence-electron chi connectivity index (χ0n) is 38.3. The summed E-state index contributed by atoms with van der Waals surface area (Å²) in [4.78, 5) is 12.8. The van der Waals surface area contributed by atoms with Gasteiger partial charge in [0, 0.05) is 6.61 Å². The number of carbonyl (C=O) groups is 1. The van der Waals surface area contributed by atoms with Crippen molar-refractivity contribution in [3.63, 3.8) is 0 Å². The average Bonchev–Trinajstić information content (AvgIpc) is 3.27. The zero-order valence-corrected chi connectivity index (χ0v) is 39.1. The van der Waals surface area contributed by atoms with Gasteiger partial charge in [-0.2, -0.15) is 8.42 Å². The molecule has 0 aromatic carbocycles. The lowest BCUT2D eigenvalue weighted by atomic mass is 9.99. The highest BCUT2D eigenvalue weighted by molar-refractivity contribution is 7.80. The van der Waals surface area contributed by atoms with Crippen LogP contribution < -0.4 is 0 Å². The first-order chi connectivity index (χ1) is 31.1. The van der Waals surface area contributed by atoms with Gasteiger partial charge >= 0.3 is 16.4 Å². The van der Waals surface area contributed by atoms with Crippen molar-refractivity contribution in [1.82, 2.24) is 0 Å². The number of hydrogen-bond acceptors (Lipinski definition) is 11. The topological polar surface area (TPSA) is 178 Å². The third-order valence-corrected chi connectivity index (χ3v) is 9.77. The van der Waals surface area contributed by atoms with Gasteiger partial charge in [0.2, 0.25) is 0 Å². The molecule has 0 aliphatic carbocycles. The second-order valence-electron chi connectivity index (χ2n) is 14.9. The molecule has 360 valence electrons. The highest BCUT2D eigenvalue weighted by Crippen LogP contribution is 2.26. The molecule has 0 amide bonds. The number of aliphatic hydroxyl groups excluding tert-OH is 3. The summed E-state index contributed by atoms with van der Waals surface area (Å²) in [6, 6.07) is 0. The Morgan fingerprint density at radius 3 is 1.47 bits per heavy atom. The summed E-state index contributed by atoms with van der Waals surface area (Å²) >= 11 is 0. The SMILES string of the molecule is CC/C=C\C/C=C\C/C=C\C/C=C\C/C=C\C/C=C\CCCCCOCC(COC1OC(CO)C(O)C(OS(=O)(=O)O)C1O)OC(=O)C/C=C\C/C=C\C/C=C\C/C=C\C/C=C\CC. The predicted octanol–water partition coefficient (Wildman–Crippen LogP) is 9.96. The van der Waals surface area contributed by atoms with Crippen LogP contribution in [0.2, 0.25) is 0 Å². The van der Waals surface area contributed by atoms with Crippen molar-refractivity contribution in [3.05, 3.63) is 134 Å². The first kappa shape index (κ1) is 58.3. The smallest absolute Gasteiger partial charge is 0.397 e. The standard InChI is InChI=1S/C51H78O12S/c1-3-5-7-9-11-13-15-17-19-20-21-22-23-24-25-27-29-31-33-35-37-39-41-59-43-45(44-60-51-49(55)50(63-64(56,57)58)48(54)46(42-52)62-51)61-47(53)40-38-36-34-32-30-28-26-18-16-14-12-10-8-6-4-2/h5-8,11-14,17-19,21-22,24-26,29-32,36,38,45-46,48-52,54-55H,3-4,9-10,15-16,20,23,27-28,33-35,37,39-44H2,1-2H3,(H,56,57,58)/b7-5-,8-6-,13-11-,14-12-,19-17-,22-21-,25-24-,26-18-,31-29-,32-30-,38-36-. The molecule has 1 saturated heterocycles.